The van der Waals surface area contributed by atoms with Crippen molar-refractivity contribution in [3.05, 3.63) is 29.8 Å². The number of sulfonamides is 1. The summed E-state index contributed by atoms with van der Waals surface area (Å²) in [4.78, 5) is 2.35. The number of aliphatic hydroxyl groups is 1. The molecule has 0 saturated carbocycles. The Balaban J connectivity index is 2.36. The molecule has 1 atom stereocenters. The Morgan fingerprint density at radius 3 is 2.71 bits per heavy atom. The van der Waals surface area contributed by atoms with Crippen molar-refractivity contribution < 1.29 is 13.5 Å². The second-order valence-corrected chi connectivity index (χ2v) is 7.06. The highest BCUT2D eigenvalue weighted by atomic mass is 32.2. The fourth-order valence-corrected chi connectivity index (χ4v) is 3.96. The Morgan fingerprint density at radius 2 is 2.05 bits per heavy atom. The van der Waals surface area contributed by atoms with Crippen molar-refractivity contribution in [2.24, 2.45) is 0 Å². The van der Waals surface area contributed by atoms with Crippen LogP contribution >= 0.6 is 0 Å². The fourth-order valence-electron chi connectivity index (χ4n) is 2.30. The summed E-state index contributed by atoms with van der Waals surface area (Å²) in [7, 11) is -1.56. The number of hydrogen-bond acceptors (Lipinski definition) is 4. The highest BCUT2D eigenvalue weighted by Crippen LogP contribution is 2.22. The molecule has 114 valence electrons. The molecule has 21 heavy (non-hydrogen) atoms. The zero-order valence-electron chi connectivity index (χ0n) is 12.3. The molecule has 1 aliphatic rings. The van der Waals surface area contributed by atoms with E-state index >= 15 is 0 Å². The minimum Gasteiger partial charge on any atom is -0.384 e. The van der Waals surface area contributed by atoms with Gasteiger partial charge in [-0.2, -0.15) is 4.31 Å². The van der Waals surface area contributed by atoms with Gasteiger partial charge in [-0.25, -0.2) is 8.42 Å². The molecule has 0 aromatic heterocycles. The molecule has 1 aliphatic heterocycles. The number of aliphatic hydroxyl groups excluding tert-OH is 1. The predicted molar refractivity (Wildman–Crippen MR) is 81.3 cm³/mol. The molecule has 5 nitrogen and oxygen atoms in total. The van der Waals surface area contributed by atoms with Gasteiger partial charge < -0.3 is 10.0 Å². The van der Waals surface area contributed by atoms with Crippen molar-refractivity contribution in [1.82, 2.24) is 9.21 Å². The predicted octanol–water partition coefficient (Wildman–Crippen LogP) is 0.355. The van der Waals surface area contributed by atoms with Gasteiger partial charge in [-0.05, 0) is 26.1 Å². The summed E-state index contributed by atoms with van der Waals surface area (Å²) in [6, 6.07) is 6.85. The molecule has 1 saturated heterocycles. The van der Waals surface area contributed by atoms with Crippen LogP contribution in [0.3, 0.4) is 0 Å². The molecule has 1 unspecified atom stereocenters. The maximum atomic E-state index is 12.8. The molecular weight excluding hydrogens is 288 g/mol. The van der Waals surface area contributed by atoms with Crippen molar-refractivity contribution in [2.45, 2.75) is 17.9 Å². The minimum atomic E-state index is -3.56. The topological polar surface area (TPSA) is 60.9 Å². The highest BCUT2D eigenvalue weighted by Gasteiger charge is 2.31. The first kappa shape index (κ1) is 16.0. The first-order valence-corrected chi connectivity index (χ1v) is 8.30. The van der Waals surface area contributed by atoms with Gasteiger partial charge in [-0.1, -0.05) is 24.0 Å². The van der Waals surface area contributed by atoms with Crippen LogP contribution in [0, 0.1) is 11.8 Å². The molecule has 1 heterocycles. The van der Waals surface area contributed by atoms with E-state index in [1.54, 1.807) is 24.3 Å². The molecule has 2 rings (SSSR count). The molecule has 1 fully saturated rings. The summed E-state index contributed by atoms with van der Waals surface area (Å²) >= 11 is 0. The molecule has 1 aromatic rings. The van der Waals surface area contributed by atoms with E-state index in [1.807, 2.05) is 14.0 Å². The van der Waals surface area contributed by atoms with E-state index in [0.29, 0.717) is 25.2 Å². The Labute approximate surface area is 126 Å². The van der Waals surface area contributed by atoms with E-state index in [-0.39, 0.29) is 17.5 Å². The van der Waals surface area contributed by atoms with Crippen LogP contribution in [0.2, 0.25) is 0 Å². The first-order valence-electron chi connectivity index (χ1n) is 6.86. The quantitative estimate of drug-likeness (QED) is 0.801. The number of piperazine rings is 1. The van der Waals surface area contributed by atoms with Crippen molar-refractivity contribution >= 4 is 10.0 Å². The number of rotatable bonds is 2. The summed E-state index contributed by atoms with van der Waals surface area (Å²) in [6.07, 6.45) is 0. The second-order valence-electron chi connectivity index (χ2n) is 5.15. The zero-order valence-corrected chi connectivity index (χ0v) is 13.1. The number of benzene rings is 1. The molecule has 6 heteroatoms. The molecular formula is C15H20N2O3S. The molecule has 0 aliphatic carbocycles. The average Bonchev–Trinajstić information content (AvgIpc) is 2.48. The molecule has 0 spiro atoms. The van der Waals surface area contributed by atoms with Crippen molar-refractivity contribution in [3.63, 3.8) is 0 Å². The molecule has 0 amide bonds. The van der Waals surface area contributed by atoms with Crippen LogP contribution in [0.5, 0.6) is 0 Å². The lowest BCUT2D eigenvalue weighted by Crippen LogP contribution is -2.51. The van der Waals surface area contributed by atoms with E-state index in [2.05, 4.69) is 16.7 Å². The van der Waals surface area contributed by atoms with Gasteiger partial charge >= 0.3 is 0 Å². The smallest absolute Gasteiger partial charge is 0.244 e. The highest BCUT2D eigenvalue weighted by molar-refractivity contribution is 7.89. The van der Waals surface area contributed by atoms with Gasteiger partial charge in [0.15, 0.2) is 0 Å². The zero-order chi connectivity index (χ0) is 15.5. The molecule has 0 bridgehead atoms. The van der Waals surface area contributed by atoms with E-state index in [1.165, 1.54) is 4.31 Å². The van der Waals surface area contributed by atoms with Gasteiger partial charge in [0.2, 0.25) is 10.0 Å². The molecule has 1 N–H and O–H groups in total. The lowest BCUT2D eigenvalue weighted by atomic mass is 10.2. The maximum Gasteiger partial charge on any atom is 0.244 e. The van der Waals surface area contributed by atoms with Crippen LogP contribution < -0.4 is 0 Å². The van der Waals surface area contributed by atoms with Gasteiger partial charge in [0, 0.05) is 31.2 Å². The SMILES string of the molecule is CC1CN(S(=O)(=O)c2ccccc2C#CCO)CCN1C. The van der Waals surface area contributed by atoms with Crippen molar-refractivity contribution in [3.8, 4) is 11.8 Å². The Bertz CT molecular complexity index is 661. The maximum absolute atomic E-state index is 12.8. The third-order valence-electron chi connectivity index (χ3n) is 3.73. The van der Waals surface area contributed by atoms with Crippen molar-refractivity contribution in [2.75, 3.05) is 33.3 Å². The minimum absolute atomic E-state index is 0.184. The van der Waals surface area contributed by atoms with Gasteiger partial charge in [0.1, 0.15) is 6.61 Å². The normalized spacial score (nSPS) is 20.8. The van der Waals surface area contributed by atoms with Crippen LogP contribution in [0.4, 0.5) is 0 Å². The standard InChI is InChI=1S/C15H20N2O3S/c1-13-12-17(10-9-16(13)2)21(19,20)15-8-4-3-6-14(15)7-5-11-18/h3-4,6,8,13,18H,9-12H2,1-2H3. The van der Waals surface area contributed by atoms with Gasteiger partial charge in [0.05, 0.1) is 4.90 Å². The molecule has 0 radical (unpaired) electrons. The van der Waals surface area contributed by atoms with Crippen molar-refractivity contribution in [1.29, 1.82) is 0 Å². The Morgan fingerprint density at radius 1 is 1.33 bits per heavy atom. The van der Waals surface area contributed by atoms with Gasteiger partial charge in [-0.3, -0.25) is 0 Å². The van der Waals surface area contributed by atoms with Crippen LogP contribution in [0.25, 0.3) is 0 Å². The summed E-state index contributed by atoms with van der Waals surface area (Å²) in [5, 5.41) is 8.79. The van der Waals surface area contributed by atoms with E-state index in [9.17, 15) is 8.42 Å². The monoisotopic (exact) mass is 308 g/mol. The summed E-state index contributed by atoms with van der Waals surface area (Å²) < 4.78 is 27.1. The summed E-state index contributed by atoms with van der Waals surface area (Å²) in [6.45, 7) is 3.38. The van der Waals surface area contributed by atoms with Crippen LogP contribution in [0.1, 0.15) is 12.5 Å². The lowest BCUT2D eigenvalue weighted by Gasteiger charge is -2.36. The van der Waals surface area contributed by atoms with E-state index in [0.717, 1.165) is 0 Å². The second kappa shape index (κ2) is 6.58. The lowest BCUT2D eigenvalue weighted by molar-refractivity contribution is 0.159. The third kappa shape index (κ3) is 3.44. The Kier molecular flexibility index (Phi) is 5.01. The van der Waals surface area contributed by atoms with Crippen LogP contribution in [0.15, 0.2) is 29.2 Å². The van der Waals surface area contributed by atoms with E-state index in [4.69, 9.17) is 5.11 Å². The number of hydrogen-bond donors (Lipinski definition) is 1. The Hall–Kier alpha value is -1.39. The summed E-state index contributed by atoms with van der Waals surface area (Å²) in [5.41, 5.74) is 0.429. The third-order valence-corrected chi connectivity index (χ3v) is 5.65. The first-order chi connectivity index (χ1) is 9.96. The number of likely N-dealkylation sites (N-methyl/N-ethyl adjacent to an activating group) is 1. The van der Waals surface area contributed by atoms with Crippen LogP contribution in [-0.2, 0) is 10.0 Å². The van der Waals surface area contributed by atoms with E-state index < -0.39 is 10.0 Å². The fraction of sp³-hybridized carbons (Fsp3) is 0.467. The average molecular weight is 308 g/mol. The molecule has 1 aromatic carbocycles. The number of nitrogens with zero attached hydrogens (tertiary/aromatic N) is 2. The van der Waals surface area contributed by atoms with Gasteiger partial charge in [-0.15, -0.1) is 0 Å². The summed E-state index contributed by atoms with van der Waals surface area (Å²) in [5.74, 6) is 5.22. The van der Waals surface area contributed by atoms with Crippen LogP contribution in [-0.4, -0.2) is 62.1 Å². The largest absolute Gasteiger partial charge is 0.384 e. The van der Waals surface area contributed by atoms with Gasteiger partial charge in [0.25, 0.3) is 0 Å².